The molecule has 6 heteroatoms. The van der Waals surface area contributed by atoms with Gasteiger partial charge < -0.3 is 15.1 Å². The highest BCUT2D eigenvalue weighted by atomic mass is 15.3. The van der Waals surface area contributed by atoms with Crippen molar-refractivity contribution in [3.05, 3.63) is 84.1 Å². The molecule has 150 valence electrons. The van der Waals surface area contributed by atoms with Crippen molar-refractivity contribution < 1.29 is 0 Å². The monoisotopic (exact) mass is 396 g/mol. The highest BCUT2D eigenvalue weighted by Gasteiger charge is 2.21. The van der Waals surface area contributed by atoms with E-state index in [0.717, 1.165) is 54.7 Å². The predicted octanol–water partition coefficient (Wildman–Crippen LogP) is 4.09. The Labute approximate surface area is 176 Å². The number of para-hydroxylation sites is 1. The van der Waals surface area contributed by atoms with E-state index in [1.54, 1.807) is 0 Å². The van der Waals surface area contributed by atoms with Crippen LogP contribution in [0.4, 0.5) is 17.6 Å². The van der Waals surface area contributed by atoms with Gasteiger partial charge in [0.05, 0.1) is 5.52 Å². The topological polar surface area (TPSA) is 57.2 Å². The fourth-order valence-electron chi connectivity index (χ4n) is 3.85. The Hall–Kier alpha value is -3.67. The standard InChI is InChI=1S/C24H24N6/c1-29-14-15-30(17-19-10-7-13-25-23(19)29)24-27-21-12-6-5-11-20(21)22(28-24)26-16-18-8-3-2-4-9-18/h2-13H,14-17H2,1H3,(H,26,27,28). The van der Waals surface area contributed by atoms with Gasteiger partial charge in [-0.2, -0.15) is 4.98 Å². The van der Waals surface area contributed by atoms with Gasteiger partial charge in [-0.05, 0) is 23.8 Å². The number of nitrogens with one attached hydrogen (secondary N) is 1. The van der Waals surface area contributed by atoms with Gasteiger partial charge >= 0.3 is 0 Å². The molecule has 5 rings (SSSR count). The van der Waals surface area contributed by atoms with E-state index < -0.39 is 0 Å². The Morgan fingerprint density at radius 3 is 2.63 bits per heavy atom. The average Bonchev–Trinajstić information content (AvgIpc) is 2.97. The fraction of sp³-hybridized carbons (Fsp3) is 0.208. The molecule has 0 spiro atoms. The first-order valence-electron chi connectivity index (χ1n) is 10.2. The second-order valence-electron chi connectivity index (χ2n) is 7.56. The van der Waals surface area contributed by atoms with Gasteiger partial charge in [0.1, 0.15) is 11.6 Å². The van der Waals surface area contributed by atoms with Crippen molar-refractivity contribution in [2.45, 2.75) is 13.1 Å². The van der Waals surface area contributed by atoms with Gasteiger partial charge in [0.15, 0.2) is 0 Å². The quantitative estimate of drug-likeness (QED) is 0.561. The molecule has 1 aliphatic rings. The lowest BCUT2D eigenvalue weighted by molar-refractivity contribution is 0.770. The largest absolute Gasteiger partial charge is 0.365 e. The maximum Gasteiger partial charge on any atom is 0.228 e. The Kier molecular flexibility index (Phi) is 4.89. The molecule has 0 bridgehead atoms. The molecule has 0 amide bonds. The lowest BCUT2D eigenvalue weighted by Gasteiger charge is -2.22. The van der Waals surface area contributed by atoms with E-state index in [-0.39, 0.29) is 0 Å². The van der Waals surface area contributed by atoms with E-state index in [0.29, 0.717) is 0 Å². The minimum absolute atomic E-state index is 0.719. The van der Waals surface area contributed by atoms with Crippen LogP contribution in [0.2, 0.25) is 0 Å². The lowest BCUT2D eigenvalue weighted by Crippen LogP contribution is -2.30. The van der Waals surface area contributed by atoms with E-state index in [4.69, 9.17) is 9.97 Å². The number of rotatable bonds is 4. The Bertz CT molecular complexity index is 1160. The molecule has 0 atom stereocenters. The number of fused-ring (bicyclic) bond motifs is 2. The molecule has 2 aromatic carbocycles. The highest BCUT2D eigenvalue weighted by Crippen LogP contribution is 2.27. The molecule has 3 heterocycles. The average molecular weight is 396 g/mol. The fourth-order valence-corrected chi connectivity index (χ4v) is 3.85. The number of hydrogen-bond acceptors (Lipinski definition) is 6. The van der Waals surface area contributed by atoms with Crippen LogP contribution in [0, 0.1) is 0 Å². The molecular formula is C24H24N6. The lowest BCUT2D eigenvalue weighted by atomic mass is 10.2. The molecule has 30 heavy (non-hydrogen) atoms. The Balaban J connectivity index is 1.50. The van der Waals surface area contributed by atoms with Crippen LogP contribution < -0.4 is 15.1 Å². The third kappa shape index (κ3) is 3.64. The van der Waals surface area contributed by atoms with E-state index in [1.807, 2.05) is 36.5 Å². The van der Waals surface area contributed by atoms with Crippen LogP contribution >= 0.6 is 0 Å². The normalized spacial score (nSPS) is 13.8. The zero-order valence-corrected chi connectivity index (χ0v) is 17.0. The predicted molar refractivity (Wildman–Crippen MR) is 122 cm³/mol. The van der Waals surface area contributed by atoms with Crippen molar-refractivity contribution in [3.63, 3.8) is 0 Å². The molecule has 2 aromatic heterocycles. The van der Waals surface area contributed by atoms with Crippen LogP contribution in [-0.4, -0.2) is 35.1 Å². The maximum absolute atomic E-state index is 4.94. The number of likely N-dealkylation sites (N-methyl/N-ethyl adjacent to an activating group) is 1. The number of hydrogen-bond donors (Lipinski definition) is 1. The highest BCUT2D eigenvalue weighted by molar-refractivity contribution is 5.90. The summed E-state index contributed by atoms with van der Waals surface area (Å²) in [5, 5.41) is 4.56. The summed E-state index contributed by atoms with van der Waals surface area (Å²) in [4.78, 5) is 18.8. The van der Waals surface area contributed by atoms with Crippen LogP contribution in [0.3, 0.4) is 0 Å². The minimum Gasteiger partial charge on any atom is -0.365 e. The third-order valence-electron chi connectivity index (χ3n) is 5.47. The summed E-state index contributed by atoms with van der Waals surface area (Å²) in [6, 6.07) is 22.7. The summed E-state index contributed by atoms with van der Waals surface area (Å²) < 4.78 is 0. The molecule has 4 aromatic rings. The van der Waals surface area contributed by atoms with Crippen LogP contribution in [0.25, 0.3) is 10.9 Å². The number of benzene rings is 2. The van der Waals surface area contributed by atoms with Gasteiger partial charge in [0, 0.05) is 50.4 Å². The second-order valence-corrected chi connectivity index (χ2v) is 7.56. The molecular weight excluding hydrogens is 372 g/mol. The van der Waals surface area contributed by atoms with Gasteiger partial charge in [0.2, 0.25) is 5.95 Å². The van der Waals surface area contributed by atoms with Gasteiger partial charge in [-0.15, -0.1) is 0 Å². The van der Waals surface area contributed by atoms with Crippen LogP contribution in [0.1, 0.15) is 11.1 Å². The van der Waals surface area contributed by atoms with Gasteiger partial charge in [0.25, 0.3) is 0 Å². The van der Waals surface area contributed by atoms with E-state index in [2.05, 4.69) is 63.5 Å². The van der Waals surface area contributed by atoms with Crippen LogP contribution in [-0.2, 0) is 13.1 Å². The summed E-state index contributed by atoms with van der Waals surface area (Å²) in [5.41, 5.74) is 3.35. The van der Waals surface area contributed by atoms with Crippen molar-refractivity contribution in [3.8, 4) is 0 Å². The van der Waals surface area contributed by atoms with Gasteiger partial charge in [-0.3, -0.25) is 0 Å². The van der Waals surface area contributed by atoms with Crippen molar-refractivity contribution in [2.24, 2.45) is 0 Å². The molecule has 0 saturated heterocycles. The minimum atomic E-state index is 0.719. The summed E-state index contributed by atoms with van der Waals surface area (Å²) in [6.07, 6.45) is 1.85. The number of nitrogens with zero attached hydrogens (tertiary/aromatic N) is 5. The smallest absolute Gasteiger partial charge is 0.228 e. The van der Waals surface area contributed by atoms with Crippen LogP contribution in [0.15, 0.2) is 72.9 Å². The zero-order valence-electron chi connectivity index (χ0n) is 17.0. The molecule has 0 fully saturated rings. The van der Waals surface area contributed by atoms with E-state index in [9.17, 15) is 0 Å². The molecule has 0 aliphatic carbocycles. The summed E-state index contributed by atoms with van der Waals surface area (Å²) in [6.45, 7) is 3.16. The van der Waals surface area contributed by atoms with E-state index in [1.165, 1.54) is 11.1 Å². The first-order chi connectivity index (χ1) is 14.8. The Morgan fingerprint density at radius 1 is 0.900 bits per heavy atom. The molecule has 1 N–H and O–H groups in total. The molecule has 6 nitrogen and oxygen atoms in total. The number of anilines is 3. The maximum atomic E-state index is 4.94. The van der Waals surface area contributed by atoms with Crippen molar-refractivity contribution in [2.75, 3.05) is 35.3 Å². The van der Waals surface area contributed by atoms with Crippen molar-refractivity contribution in [1.82, 2.24) is 15.0 Å². The zero-order chi connectivity index (χ0) is 20.3. The second kappa shape index (κ2) is 7.99. The molecule has 1 aliphatic heterocycles. The third-order valence-corrected chi connectivity index (χ3v) is 5.47. The van der Waals surface area contributed by atoms with Crippen molar-refractivity contribution >= 4 is 28.5 Å². The first-order valence-corrected chi connectivity index (χ1v) is 10.2. The van der Waals surface area contributed by atoms with Gasteiger partial charge in [-0.25, -0.2) is 9.97 Å². The summed E-state index contributed by atoms with van der Waals surface area (Å²) >= 11 is 0. The Morgan fingerprint density at radius 2 is 1.73 bits per heavy atom. The molecule has 0 saturated carbocycles. The first kappa shape index (κ1) is 18.4. The van der Waals surface area contributed by atoms with Crippen LogP contribution in [0.5, 0.6) is 0 Å². The SMILES string of the molecule is CN1CCN(c2nc(NCc3ccccc3)c3ccccc3n2)Cc2cccnc21. The summed E-state index contributed by atoms with van der Waals surface area (Å²) in [5.74, 6) is 2.64. The molecule has 0 radical (unpaired) electrons. The molecule has 0 unspecified atom stereocenters. The van der Waals surface area contributed by atoms with E-state index >= 15 is 0 Å². The number of pyridine rings is 1. The summed E-state index contributed by atoms with van der Waals surface area (Å²) in [7, 11) is 2.09. The van der Waals surface area contributed by atoms with Crippen molar-refractivity contribution in [1.29, 1.82) is 0 Å². The number of aromatic nitrogens is 3. The van der Waals surface area contributed by atoms with Gasteiger partial charge in [-0.1, -0.05) is 48.5 Å².